The molecule has 0 saturated heterocycles. The van der Waals surface area contributed by atoms with Gasteiger partial charge in [-0.1, -0.05) is 26.7 Å². The number of nitrogens with zero attached hydrogens (tertiary/aromatic N) is 1. The highest BCUT2D eigenvalue weighted by Crippen LogP contribution is 2.11. The van der Waals surface area contributed by atoms with Gasteiger partial charge in [-0.3, -0.25) is 9.63 Å². The third-order valence-electron chi connectivity index (χ3n) is 4.25. The van der Waals surface area contributed by atoms with Crippen molar-refractivity contribution in [2.24, 2.45) is 5.92 Å². The predicted octanol–water partition coefficient (Wildman–Crippen LogP) is 4.42. The molecule has 4 nitrogen and oxygen atoms in total. The van der Waals surface area contributed by atoms with Crippen molar-refractivity contribution in [2.75, 3.05) is 6.61 Å². The van der Waals surface area contributed by atoms with Gasteiger partial charge in [0.2, 0.25) is 12.4 Å². The van der Waals surface area contributed by atoms with Gasteiger partial charge in [0.1, 0.15) is 11.5 Å². The number of hydrogen-bond donors (Lipinski definition) is 0. The van der Waals surface area contributed by atoms with Gasteiger partial charge in [-0.15, -0.1) is 0 Å². The number of furan rings is 1. The molecule has 0 aliphatic heterocycles. The van der Waals surface area contributed by atoms with Crippen molar-refractivity contribution in [1.29, 1.82) is 0 Å². The Hall–Kier alpha value is -2.36. The second kappa shape index (κ2) is 9.82. The number of allylic oxidation sites excluding steroid dienone is 1. The summed E-state index contributed by atoms with van der Waals surface area (Å²) < 4.78 is 7.09. The van der Waals surface area contributed by atoms with Crippen LogP contribution in [0.15, 0.2) is 47.2 Å². The van der Waals surface area contributed by atoms with E-state index in [9.17, 15) is 4.79 Å². The normalized spacial score (nSPS) is 12.4. The molecule has 25 heavy (non-hydrogen) atoms. The summed E-state index contributed by atoms with van der Waals surface area (Å²) >= 11 is 0. The molecule has 0 saturated carbocycles. The zero-order chi connectivity index (χ0) is 18.1. The minimum atomic E-state index is -0.0596. The van der Waals surface area contributed by atoms with Gasteiger partial charge in [0.15, 0.2) is 12.4 Å². The quantitative estimate of drug-likeness (QED) is 0.365. The molecule has 0 N–H and O–H groups in total. The number of hydrogen-bond acceptors (Lipinski definition) is 3. The van der Waals surface area contributed by atoms with Crippen molar-refractivity contribution in [3.05, 3.63) is 59.8 Å². The molecule has 1 unspecified atom stereocenters. The molecule has 2 aromatic heterocycles. The average molecular weight is 342 g/mol. The van der Waals surface area contributed by atoms with Crippen LogP contribution >= 0.6 is 0 Å². The Morgan fingerprint density at radius 1 is 1.24 bits per heavy atom. The van der Waals surface area contributed by atoms with Crippen LogP contribution in [0, 0.1) is 12.8 Å². The van der Waals surface area contributed by atoms with Crippen LogP contribution in [-0.2, 0) is 0 Å². The molecule has 0 aromatic carbocycles. The fourth-order valence-electron chi connectivity index (χ4n) is 2.55. The summed E-state index contributed by atoms with van der Waals surface area (Å²) in [6, 6.07) is 7.26. The lowest BCUT2D eigenvalue weighted by Gasteiger charge is -2.11. The Balaban J connectivity index is 1.88. The maximum atomic E-state index is 12.2. The van der Waals surface area contributed by atoms with Crippen LogP contribution in [0.4, 0.5) is 0 Å². The van der Waals surface area contributed by atoms with E-state index in [1.54, 1.807) is 35.3 Å². The van der Waals surface area contributed by atoms with Crippen LogP contribution < -0.4 is 9.57 Å². The Bertz CT molecular complexity index is 685. The Morgan fingerprint density at radius 2 is 2.00 bits per heavy atom. The molecule has 0 fully saturated rings. The lowest BCUT2D eigenvalue weighted by molar-refractivity contribution is -0.892. The van der Waals surface area contributed by atoms with Gasteiger partial charge in [-0.25, -0.2) is 0 Å². The van der Waals surface area contributed by atoms with Crippen LogP contribution in [0.3, 0.4) is 0 Å². The van der Waals surface area contributed by atoms with Crippen molar-refractivity contribution in [3.8, 4) is 0 Å². The molecule has 0 spiro atoms. The minimum Gasteiger partial charge on any atom is -0.462 e. The molecule has 134 valence electrons. The maximum absolute atomic E-state index is 12.2. The van der Waals surface area contributed by atoms with Crippen LogP contribution in [-0.4, -0.2) is 12.4 Å². The van der Waals surface area contributed by atoms with E-state index in [-0.39, 0.29) is 5.78 Å². The summed E-state index contributed by atoms with van der Waals surface area (Å²) in [6.07, 6.45) is 11.5. The molecule has 0 amide bonds. The molecule has 0 aliphatic carbocycles. The van der Waals surface area contributed by atoms with Gasteiger partial charge < -0.3 is 4.42 Å². The lowest BCUT2D eigenvalue weighted by Crippen LogP contribution is -2.44. The van der Waals surface area contributed by atoms with E-state index in [1.807, 2.05) is 19.1 Å². The zero-order valence-electron chi connectivity index (χ0n) is 15.4. The van der Waals surface area contributed by atoms with Crippen molar-refractivity contribution in [1.82, 2.24) is 0 Å². The SMILES string of the molecule is CCCCC(CC)CO[n+]1ccc(C(=O)C=Cc2ccc(C)o2)cc1. The number of carbonyl (C=O) groups is 1. The molecule has 2 heterocycles. The third-order valence-corrected chi connectivity index (χ3v) is 4.25. The van der Waals surface area contributed by atoms with Gasteiger partial charge in [-0.05, 0) is 50.0 Å². The largest absolute Gasteiger partial charge is 0.462 e. The molecule has 2 aromatic rings. The van der Waals surface area contributed by atoms with Gasteiger partial charge >= 0.3 is 0 Å². The standard InChI is InChI=1S/C21H28NO3/c1-4-6-7-18(5-2)16-24-22-14-12-19(13-15-22)21(23)11-10-20-9-8-17(3)25-20/h8-15,18H,4-7,16H2,1-3H3/q+1. The summed E-state index contributed by atoms with van der Waals surface area (Å²) in [5.41, 5.74) is 0.623. The highest BCUT2D eigenvalue weighted by Gasteiger charge is 2.11. The van der Waals surface area contributed by atoms with Crippen molar-refractivity contribution >= 4 is 11.9 Å². The van der Waals surface area contributed by atoms with E-state index in [4.69, 9.17) is 9.25 Å². The van der Waals surface area contributed by atoms with Crippen LogP contribution in [0.25, 0.3) is 6.08 Å². The Kier molecular flexibility index (Phi) is 7.45. The van der Waals surface area contributed by atoms with Gasteiger partial charge in [-0.2, -0.15) is 0 Å². The fraction of sp³-hybridized carbons (Fsp3) is 0.429. The molecule has 1 atom stereocenters. The van der Waals surface area contributed by atoms with Crippen LogP contribution in [0.2, 0.25) is 0 Å². The highest BCUT2D eigenvalue weighted by atomic mass is 16.7. The monoisotopic (exact) mass is 342 g/mol. The zero-order valence-corrected chi connectivity index (χ0v) is 15.4. The second-order valence-corrected chi connectivity index (χ2v) is 6.30. The number of rotatable bonds is 10. The van der Waals surface area contributed by atoms with E-state index in [2.05, 4.69) is 13.8 Å². The first-order valence-electron chi connectivity index (χ1n) is 9.05. The Morgan fingerprint density at radius 3 is 2.60 bits per heavy atom. The first-order valence-corrected chi connectivity index (χ1v) is 9.05. The van der Waals surface area contributed by atoms with E-state index in [0.29, 0.717) is 23.8 Å². The molecule has 0 bridgehead atoms. The number of carbonyl (C=O) groups excluding carboxylic acids is 1. The average Bonchev–Trinajstić information content (AvgIpc) is 3.05. The molecular weight excluding hydrogens is 314 g/mol. The van der Waals surface area contributed by atoms with E-state index >= 15 is 0 Å². The topological polar surface area (TPSA) is 43.3 Å². The number of aryl methyl sites for hydroxylation is 1. The molecule has 4 heteroatoms. The Labute approximate surface area is 150 Å². The molecule has 0 aliphatic rings. The summed E-state index contributed by atoms with van der Waals surface area (Å²) in [7, 11) is 0. The number of unbranched alkanes of at least 4 members (excludes halogenated alkanes) is 1. The molecule has 0 radical (unpaired) electrons. The predicted molar refractivity (Wildman–Crippen MR) is 98.2 cm³/mol. The van der Waals surface area contributed by atoms with Crippen LogP contribution in [0.1, 0.15) is 61.4 Å². The van der Waals surface area contributed by atoms with Gasteiger partial charge in [0.05, 0.1) is 0 Å². The van der Waals surface area contributed by atoms with Crippen molar-refractivity contribution in [2.45, 2.75) is 46.5 Å². The van der Waals surface area contributed by atoms with Gasteiger partial charge in [0.25, 0.3) is 0 Å². The number of aromatic nitrogens is 1. The summed E-state index contributed by atoms with van der Waals surface area (Å²) in [5.74, 6) is 2.02. The smallest absolute Gasteiger partial charge is 0.223 e. The van der Waals surface area contributed by atoms with Crippen molar-refractivity contribution in [3.63, 3.8) is 0 Å². The van der Waals surface area contributed by atoms with Gasteiger partial charge in [0, 0.05) is 22.4 Å². The van der Waals surface area contributed by atoms with Crippen molar-refractivity contribution < 1.29 is 18.8 Å². The minimum absolute atomic E-state index is 0.0596. The maximum Gasteiger partial charge on any atom is 0.223 e. The first kappa shape index (κ1) is 19.0. The fourth-order valence-corrected chi connectivity index (χ4v) is 2.55. The highest BCUT2D eigenvalue weighted by molar-refractivity contribution is 6.06. The van der Waals surface area contributed by atoms with E-state index in [1.165, 1.54) is 25.3 Å². The van der Waals surface area contributed by atoms with Crippen LogP contribution in [0.5, 0.6) is 0 Å². The molecular formula is C21H28NO3+. The summed E-state index contributed by atoms with van der Waals surface area (Å²) in [4.78, 5) is 18.0. The summed E-state index contributed by atoms with van der Waals surface area (Å²) in [5, 5.41) is 0. The van der Waals surface area contributed by atoms with E-state index in [0.717, 1.165) is 12.2 Å². The lowest BCUT2D eigenvalue weighted by atomic mass is 10.0. The second-order valence-electron chi connectivity index (χ2n) is 6.30. The first-order chi connectivity index (χ1) is 12.1. The molecule has 2 rings (SSSR count). The third kappa shape index (κ3) is 6.22. The number of pyridine rings is 1. The number of ketones is 1. The summed E-state index contributed by atoms with van der Waals surface area (Å²) in [6.45, 7) is 6.98. The van der Waals surface area contributed by atoms with E-state index < -0.39 is 0 Å².